The molecule has 0 amide bonds. The predicted molar refractivity (Wildman–Crippen MR) is 506 cm³/mol. The predicted octanol–water partition coefficient (Wildman–Crippen LogP) is 19.3. The average molecular weight is 1760 g/mol. The third-order valence-corrected chi connectivity index (χ3v) is 25.0. The van der Waals surface area contributed by atoms with Crippen LogP contribution in [-0.4, -0.2) is 161 Å². The van der Waals surface area contributed by atoms with Crippen LogP contribution < -0.4 is 56.8 Å². The lowest BCUT2D eigenvalue weighted by Gasteiger charge is -2.27. The van der Waals surface area contributed by atoms with Gasteiger partial charge in [0.25, 0.3) is 0 Å². The first kappa shape index (κ1) is 94.1. The molecule has 130 heavy (non-hydrogen) atoms. The van der Waals surface area contributed by atoms with E-state index in [9.17, 15) is 25.5 Å². The first-order valence-electron chi connectivity index (χ1n) is 44.8. The van der Waals surface area contributed by atoms with Crippen molar-refractivity contribution < 1.29 is 91.8 Å². The number of ether oxygens (including phenoxy) is 14. The molecule has 0 saturated carbocycles. The SMILES string of the molecule is CC(C)(c1ccc(OCC(O)COc2ccc(C(C)(C)c3ccc(OCC(O)COc4ccc(C(C)(C)c5ccc(OCC(O)COc6ccc(C(C)(C)c7ccc(OCC8CO8)cc7)cc6)cc5)cc4)cc3)cc2)cc1)c1ccc(OCC(O)COc2ccc(C(C)(C)c3ccc(OCC(O)COc4ccc(C(C)(C)c5ccc(OCC6CO6)cc5)cc4)cc3)cc2)cc1. The molecule has 2 aliphatic heterocycles. The maximum absolute atomic E-state index is 10.9. The molecule has 2 fully saturated rings. The van der Waals surface area contributed by atoms with Crippen molar-refractivity contribution in [3.8, 4) is 69.0 Å². The van der Waals surface area contributed by atoms with Crippen molar-refractivity contribution >= 4 is 0 Å². The molecule has 2 aliphatic rings. The standard InChI is InChI=1S/C111H124O19/c1-106(2,77-17-41-94(42-18-77)119-63-88(113)65-121-96-45-21-79(22-46-96)108(5,6)81-25-49-98(50-26-81)123-67-90(115)69-125-100-53-29-83(30-54-100)110(9,10)85-33-57-102(58-34-85)127-71-104-73-129-104)75-13-37-92(38-14-75)117-61-87(112)62-118-93-39-15-76(16-40-93)107(3,4)78-19-43-95(44-20-78)120-64-89(114)66-122-97-47-23-80(24-48-97)109(7,8)82-27-51-99(52-28-82)124-68-91(116)70-126-101-55-31-84(32-56-101)111(11,12)86-35-59-103(60-36-86)128-72-105-74-130-105/h13-60,87-91,104-105,112-116H,61-74H2,1-12H3. The van der Waals surface area contributed by atoms with E-state index in [1.807, 2.05) is 243 Å². The van der Waals surface area contributed by atoms with E-state index in [4.69, 9.17) is 66.3 Å². The van der Waals surface area contributed by atoms with Crippen LogP contribution in [0.4, 0.5) is 0 Å². The van der Waals surface area contributed by atoms with E-state index in [0.29, 0.717) is 70.7 Å². The number of hydrogen-bond donors (Lipinski definition) is 5. The number of hydrogen-bond acceptors (Lipinski definition) is 19. The van der Waals surface area contributed by atoms with Gasteiger partial charge in [-0.15, -0.1) is 0 Å². The summed E-state index contributed by atoms with van der Waals surface area (Å²) in [7, 11) is 0. The van der Waals surface area contributed by atoms with Crippen molar-refractivity contribution in [3.63, 3.8) is 0 Å². The summed E-state index contributed by atoms with van der Waals surface area (Å²) in [6.45, 7) is 29.3. The molecule has 682 valence electrons. The largest absolute Gasteiger partial charge is 0.491 e. The summed E-state index contributed by atoms with van der Waals surface area (Å²) >= 11 is 0. The Labute approximate surface area is 765 Å². The second-order valence-electron chi connectivity index (χ2n) is 37.0. The first-order valence-corrected chi connectivity index (χ1v) is 44.8. The summed E-state index contributed by atoms with van der Waals surface area (Å²) in [4.78, 5) is 0. The molecule has 12 aromatic rings. The molecule has 0 spiro atoms. The smallest absolute Gasteiger partial charge is 0.122 e. The minimum absolute atomic E-state index is 0.0448. The third kappa shape index (κ3) is 25.3. The van der Waals surface area contributed by atoms with E-state index in [1.165, 1.54) is 11.1 Å². The highest BCUT2D eigenvalue weighted by molar-refractivity contribution is 5.49. The lowest BCUT2D eigenvalue weighted by atomic mass is 9.78. The Morgan fingerprint density at radius 3 is 0.369 bits per heavy atom. The Balaban J connectivity index is 0.440. The van der Waals surface area contributed by atoms with Crippen molar-refractivity contribution in [1.29, 1.82) is 0 Å². The minimum Gasteiger partial charge on any atom is -0.491 e. The van der Waals surface area contributed by atoms with Crippen LogP contribution in [0.15, 0.2) is 291 Å². The molecule has 14 rings (SSSR count). The Hall–Kier alpha value is -12.0. The summed E-state index contributed by atoms with van der Waals surface area (Å²) in [5.74, 6) is 8.08. The van der Waals surface area contributed by atoms with E-state index in [1.54, 1.807) is 0 Å². The van der Waals surface area contributed by atoms with E-state index in [-0.39, 0.29) is 111 Å². The lowest BCUT2D eigenvalue weighted by Crippen LogP contribution is -2.25. The number of aliphatic hydroxyl groups is 5. The fraction of sp³-hybridized carbons (Fsp3) is 0.351. The van der Waals surface area contributed by atoms with Gasteiger partial charge in [0.05, 0.1) is 13.2 Å². The Kier molecular flexibility index (Phi) is 30.6. The van der Waals surface area contributed by atoms with Crippen molar-refractivity contribution in [2.24, 2.45) is 0 Å². The van der Waals surface area contributed by atoms with E-state index < -0.39 is 30.5 Å². The minimum atomic E-state index is -0.879. The van der Waals surface area contributed by atoms with Gasteiger partial charge in [-0.1, -0.05) is 229 Å². The Bertz CT molecular complexity index is 5050. The molecule has 5 N–H and O–H groups in total. The molecule has 0 radical (unpaired) electrons. The summed E-state index contributed by atoms with van der Waals surface area (Å²) in [5.41, 5.74) is 11.4. The van der Waals surface area contributed by atoms with Crippen molar-refractivity contribution in [3.05, 3.63) is 358 Å². The van der Waals surface area contributed by atoms with Gasteiger partial charge >= 0.3 is 0 Å². The summed E-state index contributed by atoms with van der Waals surface area (Å²) in [6, 6.07) is 95.5. The molecule has 19 heteroatoms. The van der Waals surface area contributed by atoms with Gasteiger partial charge in [0.2, 0.25) is 0 Å². The van der Waals surface area contributed by atoms with Crippen molar-refractivity contribution in [2.45, 2.75) is 158 Å². The van der Waals surface area contributed by atoms with Gasteiger partial charge in [0.15, 0.2) is 0 Å². The second kappa shape index (κ2) is 42.2. The molecule has 0 bridgehead atoms. The molecule has 0 aromatic heterocycles. The van der Waals surface area contributed by atoms with Gasteiger partial charge in [0, 0.05) is 32.5 Å². The van der Waals surface area contributed by atoms with Crippen LogP contribution >= 0.6 is 0 Å². The molecule has 0 aliphatic carbocycles. The van der Waals surface area contributed by atoms with Crippen LogP contribution in [0.1, 0.15) is 150 Å². The Morgan fingerprint density at radius 2 is 0.277 bits per heavy atom. The molecule has 6 unspecified atom stereocenters. The van der Waals surface area contributed by atoms with Gasteiger partial charge in [-0.25, -0.2) is 0 Å². The summed E-state index contributed by atoms with van der Waals surface area (Å²) < 4.78 is 82.1. The number of rotatable bonds is 48. The van der Waals surface area contributed by atoms with Crippen LogP contribution in [0.25, 0.3) is 0 Å². The van der Waals surface area contributed by atoms with Crippen LogP contribution in [-0.2, 0) is 42.0 Å². The van der Waals surface area contributed by atoms with Crippen LogP contribution in [0.3, 0.4) is 0 Å². The monoisotopic (exact) mass is 1760 g/mol. The molecular weight excluding hydrogens is 1640 g/mol. The van der Waals surface area contributed by atoms with Gasteiger partial charge in [0.1, 0.15) is 191 Å². The summed E-state index contributed by atoms with van der Waals surface area (Å²) in [6.07, 6.45) is -3.87. The Morgan fingerprint density at radius 1 is 0.185 bits per heavy atom. The van der Waals surface area contributed by atoms with Gasteiger partial charge in [-0.3, -0.25) is 0 Å². The van der Waals surface area contributed by atoms with E-state index in [0.717, 1.165) is 80.3 Å². The number of epoxide rings is 2. The van der Waals surface area contributed by atoms with Crippen LogP contribution in [0, 0.1) is 0 Å². The zero-order chi connectivity index (χ0) is 91.6. The highest BCUT2D eigenvalue weighted by Crippen LogP contribution is 2.41. The number of aliphatic hydroxyl groups excluding tert-OH is 5. The summed E-state index contributed by atoms with van der Waals surface area (Å²) in [5, 5.41) is 54.3. The molecule has 19 nitrogen and oxygen atoms in total. The fourth-order valence-electron chi connectivity index (χ4n) is 15.5. The quantitative estimate of drug-likeness (QED) is 0.0223. The van der Waals surface area contributed by atoms with Crippen LogP contribution in [0.2, 0.25) is 0 Å². The van der Waals surface area contributed by atoms with E-state index in [2.05, 4.69) is 132 Å². The molecule has 6 atom stereocenters. The van der Waals surface area contributed by atoms with Gasteiger partial charge < -0.3 is 91.8 Å². The topological polar surface area (TPSA) is 237 Å². The maximum atomic E-state index is 10.9. The maximum Gasteiger partial charge on any atom is 0.122 e. The van der Waals surface area contributed by atoms with Crippen molar-refractivity contribution in [2.75, 3.05) is 92.5 Å². The zero-order valence-electron chi connectivity index (χ0n) is 76.6. The molecule has 2 saturated heterocycles. The van der Waals surface area contributed by atoms with Gasteiger partial charge in [-0.2, -0.15) is 0 Å². The molecular formula is C111H124O19. The van der Waals surface area contributed by atoms with Crippen LogP contribution in [0.5, 0.6) is 69.0 Å². The second-order valence-corrected chi connectivity index (χ2v) is 37.0. The normalized spacial score (nSPS) is 15.2. The number of benzene rings is 12. The molecule has 12 aromatic carbocycles. The molecule has 2 heterocycles. The third-order valence-electron chi connectivity index (χ3n) is 25.0. The first-order chi connectivity index (χ1) is 62.4. The highest BCUT2D eigenvalue weighted by atomic mass is 16.6. The average Bonchev–Trinajstić information content (AvgIpc) is 1.82. The van der Waals surface area contributed by atoms with Gasteiger partial charge in [-0.05, 0) is 212 Å². The van der Waals surface area contributed by atoms with E-state index >= 15 is 0 Å². The highest BCUT2D eigenvalue weighted by Gasteiger charge is 2.32. The fourth-order valence-corrected chi connectivity index (χ4v) is 15.5. The zero-order valence-corrected chi connectivity index (χ0v) is 76.6. The lowest BCUT2D eigenvalue weighted by molar-refractivity contribution is 0.0626. The van der Waals surface area contributed by atoms with Crippen molar-refractivity contribution in [1.82, 2.24) is 0 Å².